The highest BCUT2D eigenvalue weighted by atomic mass is 35.5. The van der Waals surface area contributed by atoms with Crippen LogP contribution in [-0.2, 0) is 4.79 Å². The molecule has 0 heterocycles. The summed E-state index contributed by atoms with van der Waals surface area (Å²) < 4.78 is 5.66. The Morgan fingerprint density at radius 1 is 1.00 bits per heavy atom. The van der Waals surface area contributed by atoms with Crippen LogP contribution >= 0.6 is 11.6 Å². The van der Waals surface area contributed by atoms with Gasteiger partial charge in [-0.05, 0) is 55.0 Å². The largest absolute Gasteiger partial charge is 0.483 e. The van der Waals surface area contributed by atoms with E-state index in [1.165, 1.54) is 18.2 Å². The third-order valence-corrected chi connectivity index (χ3v) is 4.69. The zero-order chi connectivity index (χ0) is 22.5. The average molecular weight is 441 g/mol. The van der Waals surface area contributed by atoms with Crippen LogP contribution < -0.4 is 15.4 Å². The predicted molar refractivity (Wildman–Crippen MR) is 119 cm³/mol. The van der Waals surface area contributed by atoms with Gasteiger partial charge in [-0.2, -0.15) is 0 Å². The first-order valence-corrected chi connectivity index (χ1v) is 9.91. The first-order chi connectivity index (χ1) is 14.7. The van der Waals surface area contributed by atoms with Crippen molar-refractivity contribution >= 4 is 45.8 Å². The number of fused-ring (bicyclic) bond motifs is 1. The van der Waals surface area contributed by atoms with Gasteiger partial charge in [0.1, 0.15) is 5.75 Å². The number of carbonyl (C=O) groups excluding carboxylic acids is 2. The zero-order valence-electron chi connectivity index (χ0n) is 16.9. The van der Waals surface area contributed by atoms with Crippen molar-refractivity contribution in [2.45, 2.75) is 19.9 Å². The molecule has 3 N–H and O–H groups in total. The van der Waals surface area contributed by atoms with Gasteiger partial charge in [0.2, 0.25) is 0 Å². The average Bonchev–Trinajstić information content (AvgIpc) is 2.72. The van der Waals surface area contributed by atoms with Crippen molar-refractivity contribution in [3.05, 3.63) is 70.7 Å². The normalized spacial score (nSPS) is 10.7. The third kappa shape index (κ3) is 5.52. The van der Waals surface area contributed by atoms with Crippen LogP contribution in [0.3, 0.4) is 0 Å². The smallest absolute Gasteiger partial charge is 0.337 e. The number of nitrogens with one attached hydrogen (secondary N) is 2. The molecule has 0 aliphatic rings. The van der Waals surface area contributed by atoms with E-state index in [1.54, 1.807) is 12.1 Å². The second-order valence-corrected chi connectivity index (χ2v) is 7.57. The summed E-state index contributed by atoms with van der Waals surface area (Å²) >= 11 is 5.89. The number of amides is 2. The number of carboxylic acids is 1. The molecular weight excluding hydrogens is 420 g/mol. The molecule has 0 saturated heterocycles. The minimum Gasteiger partial charge on any atom is -0.483 e. The van der Waals surface area contributed by atoms with E-state index in [2.05, 4.69) is 10.6 Å². The molecule has 31 heavy (non-hydrogen) atoms. The molecule has 0 bridgehead atoms. The van der Waals surface area contributed by atoms with Crippen LogP contribution in [0.5, 0.6) is 5.75 Å². The summed E-state index contributed by atoms with van der Waals surface area (Å²) in [7, 11) is 0. The maximum atomic E-state index is 13.0. The van der Waals surface area contributed by atoms with E-state index >= 15 is 0 Å². The summed E-state index contributed by atoms with van der Waals surface area (Å²) in [5.41, 5.74) is 0.353. The van der Waals surface area contributed by atoms with Crippen LogP contribution in [0.1, 0.15) is 34.6 Å². The minimum absolute atomic E-state index is 0.0381. The van der Waals surface area contributed by atoms with Crippen molar-refractivity contribution in [1.82, 2.24) is 5.32 Å². The molecule has 0 aliphatic carbocycles. The Morgan fingerprint density at radius 3 is 2.32 bits per heavy atom. The van der Waals surface area contributed by atoms with Gasteiger partial charge in [-0.15, -0.1) is 0 Å². The van der Waals surface area contributed by atoms with Crippen molar-refractivity contribution in [2.75, 3.05) is 11.9 Å². The topological polar surface area (TPSA) is 105 Å². The summed E-state index contributed by atoms with van der Waals surface area (Å²) in [6.45, 7) is 3.43. The fourth-order valence-electron chi connectivity index (χ4n) is 2.99. The van der Waals surface area contributed by atoms with E-state index in [0.717, 1.165) is 10.8 Å². The van der Waals surface area contributed by atoms with Crippen molar-refractivity contribution in [1.29, 1.82) is 0 Å². The van der Waals surface area contributed by atoms with Gasteiger partial charge < -0.3 is 20.5 Å². The molecule has 0 aliphatic heterocycles. The number of rotatable bonds is 7. The summed E-state index contributed by atoms with van der Waals surface area (Å²) in [5, 5.41) is 16.4. The molecule has 0 spiro atoms. The lowest BCUT2D eigenvalue weighted by molar-refractivity contribution is -0.123. The summed E-state index contributed by atoms with van der Waals surface area (Å²) in [5.74, 6) is -1.78. The molecule has 7 nitrogen and oxygen atoms in total. The van der Waals surface area contributed by atoms with Crippen LogP contribution in [0.2, 0.25) is 5.02 Å². The number of carboxylic acid groups (broad SMARTS) is 1. The molecule has 8 heteroatoms. The van der Waals surface area contributed by atoms with Crippen LogP contribution in [0.15, 0.2) is 54.6 Å². The molecule has 160 valence electrons. The number of halogens is 1. The lowest BCUT2D eigenvalue weighted by Gasteiger charge is -2.14. The monoisotopic (exact) mass is 440 g/mol. The molecule has 0 saturated carbocycles. The Balaban J connectivity index is 1.91. The minimum atomic E-state index is -1.20. The zero-order valence-corrected chi connectivity index (χ0v) is 17.7. The highest BCUT2D eigenvalue weighted by Gasteiger charge is 2.17. The molecule has 3 aromatic carbocycles. The van der Waals surface area contributed by atoms with E-state index in [1.807, 2.05) is 38.1 Å². The number of hydrogen-bond donors (Lipinski definition) is 3. The molecule has 0 fully saturated rings. The number of carbonyl (C=O) groups is 3. The molecule has 3 aromatic rings. The molecule has 0 radical (unpaired) electrons. The number of aromatic carboxylic acids is 1. The highest BCUT2D eigenvalue weighted by Crippen LogP contribution is 2.28. The standard InChI is InChI=1S/C23H21ClN2O5/c1-13(2)25-21(27)12-31-20-10-15-6-4-3-5-14(15)9-18(20)22(28)26-16-7-8-19(24)17(11-16)23(29)30/h3-11,13H,12H2,1-2H3,(H,25,27)(H,26,28)(H,29,30). The SMILES string of the molecule is CC(C)NC(=O)COc1cc2ccccc2cc1C(=O)Nc1ccc(Cl)c(C(=O)O)c1. The lowest BCUT2D eigenvalue weighted by Crippen LogP contribution is -2.34. The van der Waals surface area contributed by atoms with E-state index < -0.39 is 11.9 Å². The second kappa shape index (κ2) is 9.49. The van der Waals surface area contributed by atoms with Crippen LogP contribution in [-0.4, -0.2) is 35.5 Å². The van der Waals surface area contributed by atoms with E-state index in [4.69, 9.17) is 16.3 Å². The number of hydrogen-bond acceptors (Lipinski definition) is 4. The summed E-state index contributed by atoms with van der Waals surface area (Å²) in [6.07, 6.45) is 0. The van der Waals surface area contributed by atoms with Gasteiger partial charge in [0, 0.05) is 11.7 Å². The number of anilines is 1. The Bertz CT molecular complexity index is 1160. The van der Waals surface area contributed by atoms with Crippen LogP contribution in [0.25, 0.3) is 10.8 Å². The van der Waals surface area contributed by atoms with E-state index in [-0.39, 0.29) is 46.1 Å². The molecule has 2 amide bonds. The maximum absolute atomic E-state index is 13.0. The summed E-state index contributed by atoms with van der Waals surface area (Å²) in [6, 6.07) is 14.9. The maximum Gasteiger partial charge on any atom is 0.337 e. The van der Waals surface area contributed by atoms with E-state index in [9.17, 15) is 19.5 Å². The van der Waals surface area contributed by atoms with Crippen molar-refractivity contribution in [3.8, 4) is 5.75 Å². The Morgan fingerprint density at radius 2 is 1.68 bits per heavy atom. The Hall–Kier alpha value is -3.58. The highest BCUT2D eigenvalue weighted by molar-refractivity contribution is 6.33. The van der Waals surface area contributed by atoms with Gasteiger partial charge in [0.05, 0.1) is 16.1 Å². The molecule has 0 aromatic heterocycles. The van der Waals surface area contributed by atoms with Gasteiger partial charge >= 0.3 is 5.97 Å². The van der Waals surface area contributed by atoms with Crippen molar-refractivity contribution in [3.63, 3.8) is 0 Å². The van der Waals surface area contributed by atoms with Gasteiger partial charge in [0.25, 0.3) is 11.8 Å². The second-order valence-electron chi connectivity index (χ2n) is 7.16. The van der Waals surface area contributed by atoms with Gasteiger partial charge in [-0.1, -0.05) is 35.9 Å². The molecule has 0 atom stereocenters. The molecule has 3 rings (SSSR count). The fraction of sp³-hybridized carbons (Fsp3) is 0.174. The Labute approximate surface area is 184 Å². The third-order valence-electron chi connectivity index (χ3n) is 4.36. The molecular formula is C23H21ClN2O5. The van der Waals surface area contributed by atoms with Crippen LogP contribution in [0, 0.1) is 0 Å². The summed E-state index contributed by atoms with van der Waals surface area (Å²) in [4.78, 5) is 36.3. The quantitative estimate of drug-likeness (QED) is 0.506. The lowest BCUT2D eigenvalue weighted by atomic mass is 10.0. The van der Waals surface area contributed by atoms with Gasteiger partial charge in [-0.25, -0.2) is 4.79 Å². The number of ether oxygens (including phenoxy) is 1. The van der Waals surface area contributed by atoms with Crippen molar-refractivity contribution in [2.24, 2.45) is 0 Å². The number of benzene rings is 3. The Kier molecular flexibility index (Phi) is 6.77. The van der Waals surface area contributed by atoms with Crippen LogP contribution in [0.4, 0.5) is 5.69 Å². The van der Waals surface area contributed by atoms with Crippen molar-refractivity contribution < 1.29 is 24.2 Å². The van der Waals surface area contributed by atoms with E-state index in [0.29, 0.717) is 0 Å². The van der Waals surface area contributed by atoms with Gasteiger partial charge in [0.15, 0.2) is 6.61 Å². The predicted octanol–water partition coefficient (Wildman–Crippen LogP) is 4.35. The van der Waals surface area contributed by atoms with Gasteiger partial charge in [-0.3, -0.25) is 9.59 Å². The molecule has 0 unspecified atom stereocenters. The first kappa shape index (κ1) is 22.1. The fourth-order valence-corrected chi connectivity index (χ4v) is 3.19. The first-order valence-electron chi connectivity index (χ1n) is 9.53.